The molecule has 3 fully saturated rings. The minimum atomic E-state index is -0.783. The van der Waals surface area contributed by atoms with Crippen LogP contribution in [0.4, 0.5) is 5.69 Å². The Labute approximate surface area is 154 Å². The van der Waals surface area contributed by atoms with Gasteiger partial charge in [-0.05, 0) is 30.7 Å². The Bertz CT molecular complexity index is 662. The Morgan fingerprint density at radius 1 is 1.19 bits per heavy atom. The van der Waals surface area contributed by atoms with Crippen molar-refractivity contribution in [1.82, 2.24) is 4.90 Å². The zero-order chi connectivity index (χ0) is 18.3. The molecule has 3 saturated heterocycles. The molecule has 3 aliphatic heterocycles. The van der Waals surface area contributed by atoms with Crippen molar-refractivity contribution >= 4 is 11.6 Å². The first-order valence-electron chi connectivity index (χ1n) is 9.47. The van der Waals surface area contributed by atoms with Gasteiger partial charge in [0.15, 0.2) is 0 Å². The Morgan fingerprint density at radius 2 is 1.92 bits per heavy atom. The Morgan fingerprint density at radius 3 is 2.65 bits per heavy atom. The van der Waals surface area contributed by atoms with Gasteiger partial charge in [-0.15, -0.1) is 0 Å². The van der Waals surface area contributed by atoms with Crippen LogP contribution in [0.1, 0.15) is 23.2 Å². The summed E-state index contributed by atoms with van der Waals surface area (Å²) >= 11 is 0. The van der Waals surface area contributed by atoms with Crippen molar-refractivity contribution in [2.75, 3.05) is 52.0 Å². The van der Waals surface area contributed by atoms with Crippen LogP contribution in [0.25, 0.3) is 0 Å². The molecule has 1 aromatic rings. The molecular weight excluding hydrogens is 332 g/mol. The normalized spacial score (nSPS) is 34.0. The van der Waals surface area contributed by atoms with Gasteiger partial charge in [-0.2, -0.15) is 0 Å². The second kappa shape index (κ2) is 6.83. The van der Waals surface area contributed by atoms with Crippen LogP contribution >= 0.6 is 0 Å². The maximum Gasteiger partial charge on any atom is 0.254 e. The van der Waals surface area contributed by atoms with E-state index in [4.69, 9.17) is 9.47 Å². The lowest BCUT2D eigenvalue weighted by Crippen LogP contribution is -2.68. The average molecular weight is 360 g/mol. The number of nitrogens with zero attached hydrogens (tertiary/aromatic N) is 2. The zero-order valence-electron chi connectivity index (χ0n) is 15.6. The van der Waals surface area contributed by atoms with Crippen LogP contribution in [0.2, 0.25) is 0 Å². The Hall–Kier alpha value is -1.63. The fraction of sp³-hybridized carbons (Fsp3) is 0.650. The summed E-state index contributed by atoms with van der Waals surface area (Å²) in [5.74, 6) is -0.0482. The molecule has 1 N–H and O–H groups in total. The summed E-state index contributed by atoms with van der Waals surface area (Å²) in [5, 5.41) is 11.4. The molecule has 6 nitrogen and oxygen atoms in total. The van der Waals surface area contributed by atoms with E-state index in [1.165, 1.54) is 0 Å². The van der Waals surface area contributed by atoms with Crippen molar-refractivity contribution in [1.29, 1.82) is 0 Å². The van der Waals surface area contributed by atoms with E-state index in [1.54, 1.807) is 0 Å². The molecule has 1 amide bonds. The van der Waals surface area contributed by atoms with E-state index in [1.807, 2.05) is 48.2 Å². The van der Waals surface area contributed by atoms with Crippen LogP contribution in [0.5, 0.6) is 0 Å². The molecular formula is C20H28N2O4. The third kappa shape index (κ3) is 2.90. The summed E-state index contributed by atoms with van der Waals surface area (Å²) in [6.07, 6.45) is 1.41. The van der Waals surface area contributed by atoms with Gasteiger partial charge < -0.3 is 24.4 Å². The second-order valence-electron chi connectivity index (χ2n) is 7.95. The number of ether oxygens (including phenoxy) is 2. The van der Waals surface area contributed by atoms with E-state index >= 15 is 0 Å². The van der Waals surface area contributed by atoms with Gasteiger partial charge in [0.1, 0.15) is 0 Å². The summed E-state index contributed by atoms with van der Waals surface area (Å²) in [6.45, 7) is 2.79. The molecule has 142 valence electrons. The third-order valence-electron chi connectivity index (χ3n) is 6.34. The summed E-state index contributed by atoms with van der Waals surface area (Å²) in [6, 6.07) is 7.76. The summed E-state index contributed by atoms with van der Waals surface area (Å²) in [4.78, 5) is 17.2. The SMILES string of the molecule is CN(C)c1ccc(C(=O)N2C[C@@H]3COCC[C@]3(O)[C@H]3COCC[C@H]32)cc1. The molecule has 3 heterocycles. The van der Waals surface area contributed by atoms with Crippen molar-refractivity contribution in [3.63, 3.8) is 0 Å². The zero-order valence-corrected chi connectivity index (χ0v) is 15.6. The molecule has 4 rings (SSSR count). The topological polar surface area (TPSA) is 62.2 Å². The summed E-state index contributed by atoms with van der Waals surface area (Å²) in [7, 11) is 3.97. The van der Waals surface area contributed by atoms with Crippen molar-refractivity contribution in [2.24, 2.45) is 11.8 Å². The average Bonchev–Trinajstić information content (AvgIpc) is 2.67. The van der Waals surface area contributed by atoms with Crippen LogP contribution in [0.3, 0.4) is 0 Å². The highest BCUT2D eigenvalue weighted by molar-refractivity contribution is 5.95. The third-order valence-corrected chi connectivity index (χ3v) is 6.34. The van der Waals surface area contributed by atoms with E-state index in [2.05, 4.69) is 0 Å². The molecule has 26 heavy (non-hydrogen) atoms. The van der Waals surface area contributed by atoms with Crippen LogP contribution in [-0.4, -0.2) is 74.6 Å². The van der Waals surface area contributed by atoms with Gasteiger partial charge in [-0.1, -0.05) is 0 Å². The number of benzene rings is 1. The Kier molecular flexibility index (Phi) is 4.67. The fourth-order valence-corrected chi connectivity index (χ4v) is 4.76. The van der Waals surface area contributed by atoms with E-state index in [9.17, 15) is 9.90 Å². The van der Waals surface area contributed by atoms with Crippen molar-refractivity contribution < 1.29 is 19.4 Å². The number of piperidine rings is 1. The maximum atomic E-state index is 13.3. The van der Waals surface area contributed by atoms with Gasteiger partial charge in [0.05, 0.1) is 18.8 Å². The number of amides is 1. The highest BCUT2D eigenvalue weighted by Gasteiger charge is 2.56. The number of hydrogen-bond acceptors (Lipinski definition) is 5. The lowest BCUT2D eigenvalue weighted by atomic mass is 9.66. The molecule has 0 bridgehead atoms. The van der Waals surface area contributed by atoms with Gasteiger partial charge in [0, 0.05) is 69.4 Å². The minimum Gasteiger partial charge on any atom is -0.389 e. The van der Waals surface area contributed by atoms with Gasteiger partial charge >= 0.3 is 0 Å². The molecule has 0 unspecified atom stereocenters. The van der Waals surface area contributed by atoms with Crippen LogP contribution in [-0.2, 0) is 9.47 Å². The van der Waals surface area contributed by atoms with E-state index in [0.29, 0.717) is 45.0 Å². The number of anilines is 1. The summed E-state index contributed by atoms with van der Waals surface area (Å²) in [5.41, 5.74) is 0.983. The maximum absolute atomic E-state index is 13.3. The number of likely N-dealkylation sites (tertiary alicyclic amines) is 1. The second-order valence-corrected chi connectivity index (χ2v) is 7.95. The van der Waals surface area contributed by atoms with Crippen molar-refractivity contribution in [3.8, 4) is 0 Å². The molecule has 6 heteroatoms. The molecule has 3 aliphatic rings. The van der Waals surface area contributed by atoms with E-state index < -0.39 is 5.60 Å². The standard InChI is InChI=1S/C20H28N2O4/c1-21(2)16-5-3-14(4-6-16)19(23)22-11-15-12-26-10-8-20(15,24)17-13-25-9-7-18(17)22/h3-6,15,17-18,24H,7-13H2,1-2H3/t15-,17+,18-,20-/m1/s1. The number of aliphatic hydroxyl groups is 1. The quantitative estimate of drug-likeness (QED) is 0.863. The Balaban J connectivity index is 1.61. The predicted octanol–water partition coefficient (Wildman–Crippen LogP) is 1.38. The molecule has 4 atom stereocenters. The van der Waals surface area contributed by atoms with Gasteiger partial charge in [-0.3, -0.25) is 4.79 Å². The van der Waals surface area contributed by atoms with Crippen LogP contribution < -0.4 is 4.90 Å². The van der Waals surface area contributed by atoms with Crippen molar-refractivity contribution in [3.05, 3.63) is 29.8 Å². The first kappa shape index (κ1) is 17.8. The molecule has 0 saturated carbocycles. The highest BCUT2D eigenvalue weighted by atomic mass is 16.5. The number of fused-ring (bicyclic) bond motifs is 3. The molecule has 1 aromatic carbocycles. The first-order chi connectivity index (χ1) is 12.5. The summed E-state index contributed by atoms with van der Waals surface area (Å²) < 4.78 is 11.3. The van der Waals surface area contributed by atoms with E-state index in [0.717, 1.165) is 12.1 Å². The van der Waals surface area contributed by atoms with Gasteiger partial charge in [-0.25, -0.2) is 0 Å². The predicted molar refractivity (Wildman–Crippen MR) is 98.4 cm³/mol. The van der Waals surface area contributed by atoms with Crippen LogP contribution in [0.15, 0.2) is 24.3 Å². The number of carbonyl (C=O) groups is 1. The smallest absolute Gasteiger partial charge is 0.254 e. The van der Waals surface area contributed by atoms with E-state index in [-0.39, 0.29) is 23.8 Å². The molecule has 0 aromatic heterocycles. The first-order valence-corrected chi connectivity index (χ1v) is 9.47. The lowest BCUT2D eigenvalue weighted by molar-refractivity contribution is -0.212. The minimum absolute atomic E-state index is 0.0316. The number of hydrogen-bond donors (Lipinski definition) is 1. The highest BCUT2D eigenvalue weighted by Crippen LogP contribution is 2.44. The van der Waals surface area contributed by atoms with Crippen LogP contribution in [0, 0.1) is 11.8 Å². The largest absolute Gasteiger partial charge is 0.389 e. The number of rotatable bonds is 2. The van der Waals surface area contributed by atoms with Gasteiger partial charge in [0.25, 0.3) is 5.91 Å². The molecule has 0 spiro atoms. The monoisotopic (exact) mass is 360 g/mol. The van der Waals surface area contributed by atoms with Gasteiger partial charge in [0.2, 0.25) is 0 Å². The number of carbonyl (C=O) groups excluding carboxylic acids is 1. The fourth-order valence-electron chi connectivity index (χ4n) is 4.76. The molecule has 0 radical (unpaired) electrons. The molecule has 0 aliphatic carbocycles. The lowest BCUT2D eigenvalue weighted by Gasteiger charge is -2.57. The van der Waals surface area contributed by atoms with Crippen molar-refractivity contribution in [2.45, 2.75) is 24.5 Å².